The first kappa shape index (κ1) is 19.6. The molecule has 1 unspecified atom stereocenters. The van der Waals surface area contributed by atoms with Crippen LogP contribution in [0.5, 0.6) is 0 Å². The third kappa shape index (κ3) is 3.61. The third-order valence-corrected chi connectivity index (χ3v) is 8.38. The van der Waals surface area contributed by atoms with E-state index in [-0.39, 0.29) is 17.2 Å². The number of carbonyl (C=O) groups excluding carboxylic acids is 1. The first-order valence-electron chi connectivity index (χ1n) is 9.36. The Morgan fingerprint density at radius 3 is 2.57 bits per heavy atom. The molecule has 0 saturated carbocycles. The minimum Gasteiger partial charge on any atom is -0.309 e. The number of likely N-dealkylation sites (N-methyl/N-ethyl adjacent to an activating group) is 1. The van der Waals surface area contributed by atoms with Crippen LogP contribution in [0.15, 0.2) is 41.1 Å². The second-order valence-corrected chi connectivity index (χ2v) is 10.6. The van der Waals surface area contributed by atoms with Crippen molar-refractivity contribution < 1.29 is 13.2 Å². The highest BCUT2D eigenvalue weighted by Gasteiger charge is 2.50. The smallest absolute Gasteiger partial charge is 0.241 e. The maximum absolute atomic E-state index is 13.0. The maximum Gasteiger partial charge on any atom is 0.241 e. The Kier molecular flexibility index (Phi) is 5.07. The van der Waals surface area contributed by atoms with Crippen LogP contribution in [-0.2, 0) is 20.6 Å². The number of piperazine rings is 1. The molecule has 0 aliphatic carbocycles. The van der Waals surface area contributed by atoms with E-state index < -0.39 is 10.0 Å². The molecule has 8 heteroatoms. The van der Waals surface area contributed by atoms with Crippen molar-refractivity contribution in [1.82, 2.24) is 9.21 Å². The molecule has 4 rings (SSSR count). The largest absolute Gasteiger partial charge is 0.309 e. The summed E-state index contributed by atoms with van der Waals surface area (Å²) in [5.74, 6) is 0.0766. The summed E-state index contributed by atoms with van der Waals surface area (Å²) in [6, 6.07) is 9.58. The van der Waals surface area contributed by atoms with Gasteiger partial charge in [-0.05, 0) is 37.4 Å². The Morgan fingerprint density at radius 1 is 1.14 bits per heavy atom. The van der Waals surface area contributed by atoms with Crippen molar-refractivity contribution in [3.8, 4) is 0 Å². The van der Waals surface area contributed by atoms with Gasteiger partial charge in [0, 0.05) is 25.0 Å². The van der Waals surface area contributed by atoms with E-state index in [1.54, 1.807) is 15.6 Å². The second kappa shape index (κ2) is 7.26. The average Bonchev–Trinajstić information content (AvgIpc) is 3.31. The molecule has 6 nitrogen and oxygen atoms in total. The van der Waals surface area contributed by atoms with E-state index in [9.17, 15) is 13.2 Å². The predicted molar refractivity (Wildman–Crippen MR) is 112 cm³/mol. The highest BCUT2D eigenvalue weighted by Crippen LogP contribution is 2.35. The van der Waals surface area contributed by atoms with Crippen molar-refractivity contribution in [3.05, 3.63) is 52.2 Å². The monoisotopic (exact) mass is 419 g/mol. The Morgan fingerprint density at radius 2 is 1.89 bits per heavy atom. The molecule has 2 aliphatic heterocycles. The summed E-state index contributed by atoms with van der Waals surface area (Å²) in [5, 5.41) is 3.93. The summed E-state index contributed by atoms with van der Waals surface area (Å²) in [7, 11) is -1.47. The van der Waals surface area contributed by atoms with Crippen molar-refractivity contribution in [2.24, 2.45) is 0 Å². The molecule has 2 aliphatic rings. The van der Waals surface area contributed by atoms with Gasteiger partial charge >= 0.3 is 0 Å². The van der Waals surface area contributed by atoms with Gasteiger partial charge in [-0.2, -0.15) is 15.6 Å². The first-order chi connectivity index (χ1) is 13.3. The summed E-state index contributed by atoms with van der Waals surface area (Å²) >= 11 is 1.56. The van der Waals surface area contributed by atoms with Crippen LogP contribution in [0, 0.1) is 6.92 Å². The Labute approximate surface area is 170 Å². The molecule has 1 aromatic carbocycles. The number of rotatable bonds is 4. The van der Waals surface area contributed by atoms with E-state index >= 15 is 0 Å². The number of anilines is 1. The number of carbonyl (C=O) groups is 1. The predicted octanol–water partition coefficient (Wildman–Crippen LogP) is 2.31. The molecule has 3 heterocycles. The first-order valence-corrected chi connectivity index (χ1v) is 11.9. The molecule has 2 aromatic rings. The topological polar surface area (TPSA) is 60.9 Å². The molecule has 1 amide bonds. The van der Waals surface area contributed by atoms with Gasteiger partial charge in [0.1, 0.15) is 0 Å². The minimum absolute atomic E-state index is 0.0141. The molecule has 1 aromatic heterocycles. The standard InChI is InChI=1S/C20H25N3O3S2/c1-16-3-5-17(6-4-16)13-28(25,26)22-9-8-20(14-22)15-23(18-7-10-27-12-18)19(24)11-21(20)2/h3-7,10,12H,8-9,11,13-15H2,1-2H3. The second-order valence-electron chi connectivity index (χ2n) is 7.87. The Bertz CT molecular complexity index is 957. The van der Waals surface area contributed by atoms with Crippen LogP contribution in [0.25, 0.3) is 0 Å². The number of hydrogen-bond acceptors (Lipinski definition) is 5. The van der Waals surface area contributed by atoms with Crippen LogP contribution >= 0.6 is 11.3 Å². The molecule has 150 valence electrons. The lowest BCUT2D eigenvalue weighted by atomic mass is 9.93. The Hall–Kier alpha value is -1.74. The minimum atomic E-state index is -3.40. The third-order valence-electron chi connectivity index (χ3n) is 5.91. The molecule has 1 atom stereocenters. The van der Waals surface area contributed by atoms with Gasteiger partial charge in [-0.3, -0.25) is 9.69 Å². The van der Waals surface area contributed by atoms with Crippen molar-refractivity contribution in [1.29, 1.82) is 0 Å². The number of hydrogen-bond donors (Lipinski definition) is 0. The summed E-state index contributed by atoms with van der Waals surface area (Å²) in [6.07, 6.45) is 0.727. The van der Waals surface area contributed by atoms with Gasteiger partial charge < -0.3 is 4.90 Å². The van der Waals surface area contributed by atoms with Crippen LogP contribution in [0.3, 0.4) is 0 Å². The van der Waals surface area contributed by atoms with Crippen LogP contribution in [-0.4, -0.2) is 62.3 Å². The number of amides is 1. The molecule has 2 fully saturated rings. The maximum atomic E-state index is 13.0. The molecule has 0 bridgehead atoms. The molecule has 28 heavy (non-hydrogen) atoms. The van der Waals surface area contributed by atoms with E-state index in [4.69, 9.17) is 0 Å². The quantitative estimate of drug-likeness (QED) is 0.763. The lowest BCUT2D eigenvalue weighted by molar-refractivity contribution is -0.123. The summed E-state index contributed by atoms with van der Waals surface area (Å²) < 4.78 is 27.6. The molecule has 0 radical (unpaired) electrons. The Balaban J connectivity index is 1.53. The summed E-state index contributed by atoms with van der Waals surface area (Å²) in [6.45, 7) is 3.73. The number of benzene rings is 1. The van der Waals surface area contributed by atoms with Gasteiger partial charge in [0.25, 0.3) is 0 Å². The van der Waals surface area contributed by atoms with Crippen LogP contribution in [0.2, 0.25) is 0 Å². The van der Waals surface area contributed by atoms with Crippen molar-refractivity contribution in [2.45, 2.75) is 24.6 Å². The van der Waals surface area contributed by atoms with Crippen LogP contribution in [0.4, 0.5) is 5.69 Å². The van der Waals surface area contributed by atoms with Gasteiger partial charge in [-0.1, -0.05) is 29.8 Å². The zero-order chi connectivity index (χ0) is 19.9. The highest BCUT2D eigenvalue weighted by molar-refractivity contribution is 7.88. The van der Waals surface area contributed by atoms with Crippen LogP contribution in [0.1, 0.15) is 17.5 Å². The number of sulfonamides is 1. The van der Waals surface area contributed by atoms with E-state index in [0.717, 1.165) is 23.2 Å². The fraction of sp³-hybridized carbons (Fsp3) is 0.450. The zero-order valence-electron chi connectivity index (χ0n) is 16.2. The van der Waals surface area contributed by atoms with Crippen LogP contribution < -0.4 is 4.90 Å². The number of aryl methyl sites for hydroxylation is 1. The van der Waals surface area contributed by atoms with E-state index in [2.05, 4.69) is 0 Å². The zero-order valence-corrected chi connectivity index (χ0v) is 17.8. The van der Waals surface area contributed by atoms with E-state index in [1.807, 2.05) is 64.9 Å². The number of nitrogens with zero attached hydrogens (tertiary/aromatic N) is 3. The highest BCUT2D eigenvalue weighted by atomic mass is 32.2. The fourth-order valence-corrected chi connectivity index (χ4v) is 6.33. The lowest BCUT2D eigenvalue weighted by Crippen LogP contribution is -2.64. The lowest BCUT2D eigenvalue weighted by Gasteiger charge is -2.46. The van der Waals surface area contributed by atoms with Gasteiger partial charge in [0.2, 0.25) is 15.9 Å². The molecule has 0 N–H and O–H groups in total. The van der Waals surface area contributed by atoms with Gasteiger partial charge in [-0.15, -0.1) is 0 Å². The SMILES string of the molecule is Cc1ccc(CS(=O)(=O)N2CCC3(CN(c4ccsc4)C(=O)CN3C)C2)cc1. The van der Waals surface area contributed by atoms with E-state index in [0.29, 0.717) is 26.2 Å². The normalized spacial score (nSPS) is 24.4. The molecule has 2 saturated heterocycles. The van der Waals surface area contributed by atoms with Crippen molar-refractivity contribution in [3.63, 3.8) is 0 Å². The average molecular weight is 420 g/mol. The summed E-state index contributed by atoms with van der Waals surface area (Å²) in [4.78, 5) is 16.4. The van der Waals surface area contributed by atoms with Gasteiger partial charge in [-0.25, -0.2) is 8.42 Å². The van der Waals surface area contributed by atoms with Gasteiger partial charge in [0.15, 0.2) is 0 Å². The van der Waals surface area contributed by atoms with Crippen molar-refractivity contribution in [2.75, 3.05) is 38.1 Å². The molecule has 1 spiro atoms. The molecular weight excluding hydrogens is 394 g/mol. The molecular formula is C20H25N3O3S2. The van der Waals surface area contributed by atoms with Gasteiger partial charge in [0.05, 0.1) is 23.5 Å². The summed E-state index contributed by atoms with van der Waals surface area (Å²) in [5.41, 5.74) is 2.49. The fourth-order valence-electron chi connectivity index (χ4n) is 4.09. The van der Waals surface area contributed by atoms with E-state index in [1.165, 1.54) is 0 Å². The van der Waals surface area contributed by atoms with Crippen molar-refractivity contribution >= 4 is 33.0 Å². The number of thiophene rings is 1.